The molecular formula is C15H20N4S. The molecule has 0 spiro atoms. The largest absolute Gasteiger partial charge is 0.354 e. The van der Waals surface area contributed by atoms with E-state index in [0.717, 1.165) is 22.2 Å². The molecule has 0 radical (unpaired) electrons. The first-order valence-electron chi connectivity index (χ1n) is 6.66. The third-order valence-corrected chi connectivity index (χ3v) is 3.60. The molecule has 5 heteroatoms. The molecule has 0 aliphatic rings. The van der Waals surface area contributed by atoms with Crippen LogP contribution in [0.4, 0.5) is 0 Å². The third kappa shape index (κ3) is 4.06. The summed E-state index contributed by atoms with van der Waals surface area (Å²) in [5.74, 6) is 0.800. The zero-order chi connectivity index (χ0) is 14.4. The number of benzene rings is 1. The second-order valence-corrected chi connectivity index (χ2v) is 5.59. The van der Waals surface area contributed by atoms with Crippen molar-refractivity contribution < 1.29 is 0 Å². The van der Waals surface area contributed by atoms with Crippen LogP contribution in [0.15, 0.2) is 40.7 Å². The summed E-state index contributed by atoms with van der Waals surface area (Å²) in [6.45, 7) is 4.85. The summed E-state index contributed by atoms with van der Waals surface area (Å²) in [5.41, 5.74) is 2.19. The van der Waals surface area contributed by atoms with Crippen molar-refractivity contribution in [2.75, 3.05) is 7.05 Å². The molecule has 106 valence electrons. The van der Waals surface area contributed by atoms with Crippen molar-refractivity contribution in [1.29, 1.82) is 0 Å². The molecule has 20 heavy (non-hydrogen) atoms. The monoisotopic (exact) mass is 288 g/mol. The van der Waals surface area contributed by atoms with Gasteiger partial charge >= 0.3 is 0 Å². The maximum atomic E-state index is 4.64. The smallest absolute Gasteiger partial charge is 0.191 e. The Morgan fingerprint density at radius 2 is 2.05 bits per heavy atom. The summed E-state index contributed by atoms with van der Waals surface area (Å²) in [4.78, 5) is 8.82. The highest BCUT2D eigenvalue weighted by Gasteiger charge is 2.05. The third-order valence-electron chi connectivity index (χ3n) is 2.66. The van der Waals surface area contributed by atoms with Crippen molar-refractivity contribution >= 4 is 17.3 Å². The van der Waals surface area contributed by atoms with Gasteiger partial charge in [-0.1, -0.05) is 30.3 Å². The predicted molar refractivity (Wildman–Crippen MR) is 86.0 cm³/mol. The normalized spacial score (nSPS) is 11.7. The molecule has 0 aliphatic heterocycles. The number of aliphatic imine (C=N–C) groups is 1. The quantitative estimate of drug-likeness (QED) is 0.672. The highest BCUT2D eigenvalue weighted by molar-refractivity contribution is 7.13. The van der Waals surface area contributed by atoms with Crippen LogP contribution in [0.25, 0.3) is 10.6 Å². The summed E-state index contributed by atoms with van der Waals surface area (Å²) >= 11 is 1.66. The highest BCUT2D eigenvalue weighted by atomic mass is 32.1. The van der Waals surface area contributed by atoms with Crippen LogP contribution >= 0.6 is 11.3 Å². The van der Waals surface area contributed by atoms with Crippen molar-refractivity contribution in [3.63, 3.8) is 0 Å². The first-order valence-corrected chi connectivity index (χ1v) is 7.54. The number of aromatic nitrogens is 1. The fourth-order valence-electron chi connectivity index (χ4n) is 1.74. The van der Waals surface area contributed by atoms with Crippen molar-refractivity contribution in [2.24, 2.45) is 4.99 Å². The minimum atomic E-state index is 0.358. The van der Waals surface area contributed by atoms with E-state index >= 15 is 0 Å². The molecule has 0 fully saturated rings. The van der Waals surface area contributed by atoms with Crippen LogP contribution in [-0.2, 0) is 6.54 Å². The maximum Gasteiger partial charge on any atom is 0.191 e. The van der Waals surface area contributed by atoms with E-state index in [2.05, 4.69) is 52.0 Å². The molecule has 0 saturated heterocycles. The molecule has 4 nitrogen and oxygen atoms in total. The van der Waals surface area contributed by atoms with Crippen LogP contribution in [0.5, 0.6) is 0 Å². The first-order chi connectivity index (χ1) is 9.69. The van der Waals surface area contributed by atoms with E-state index in [1.54, 1.807) is 18.4 Å². The van der Waals surface area contributed by atoms with E-state index in [1.165, 1.54) is 0 Å². The van der Waals surface area contributed by atoms with Crippen molar-refractivity contribution in [3.05, 3.63) is 41.4 Å². The van der Waals surface area contributed by atoms with Gasteiger partial charge in [-0.05, 0) is 13.8 Å². The topological polar surface area (TPSA) is 49.3 Å². The van der Waals surface area contributed by atoms with Gasteiger partial charge in [0.05, 0.1) is 12.2 Å². The molecule has 0 aliphatic carbocycles. The van der Waals surface area contributed by atoms with Crippen molar-refractivity contribution in [2.45, 2.75) is 26.4 Å². The highest BCUT2D eigenvalue weighted by Crippen LogP contribution is 2.22. The summed E-state index contributed by atoms with van der Waals surface area (Å²) in [6.07, 6.45) is 0. The minimum Gasteiger partial charge on any atom is -0.354 e. The van der Waals surface area contributed by atoms with Gasteiger partial charge in [0.1, 0.15) is 5.01 Å². The molecule has 0 amide bonds. The molecule has 1 aromatic heterocycles. The Labute approximate surface area is 124 Å². The van der Waals surface area contributed by atoms with E-state index in [4.69, 9.17) is 0 Å². The number of nitrogens with one attached hydrogen (secondary N) is 2. The molecule has 0 unspecified atom stereocenters. The number of hydrogen-bond acceptors (Lipinski definition) is 3. The Morgan fingerprint density at radius 3 is 2.70 bits per heavy atom. The zero-order valence-electron chi connectivity index (χ0n) is 12.1. The van der Waals surface area contributed by atoms with E-state index in [1.807, 2.05) is 18.2 Å². The Hall–Kier alpha value is -1.88. The van der Waals surface area contributed by atoms with Gasteiger partial charge in [-0.25, -0.2) is 4.98 Å². The van der Waals surface area contributed by atoms with E-state index in [-0.39, 0.29) is 0 Å². The Balaban J connectivity index is 1.97. The SMILES string of the molecule is CN=C(NCc1csc(-c2ccccc2)n1)NC(C)C. The number of guanidine groups is 1. The summed E-state index contributed by atoms with van der Waals surface area (Å²) in [7, 11) is 1.77. The van der Waals surface area contributed by atoms with Gasteiger partial charge in [-0.15, -0.1) is 11.3 Å². The fourth-order valence-corrected chi connectivity index (χ4v) is 2.57. The van der Waals surface area contributed by atoms with Gasteiger partial charge in [0.2, 0.25) is 0 Å². The van der Waals surface area contributed by atoms with Gasteiger partial charge in [0.15, 0.2) is 5.96 Å². The van der Waals surface area contributed by atoms with Crippen molar-refractivity contribution in [1.82, 2.24) is 15.6 Å². The zero-order valence-corrected chi connectivity index (χ0v) is 12.9. The maximum absolute atomic E-state index is 4.64. The first kappa shape index (κ1) is 14.5. The molecule has 2 rings (SSSR count). The van der Waals surface area contributed by atoms with Crippen LogP contribution in [-0.4, -0.2) is 24.0 Å². The standard InChI is InChI=1S/C15H20N4S/c1-11(2)18-15(16-3)17-9-13-10-20-14(19-13)12-7-5-4-6-8-12/h4-8,10-11H,9H2,1-3H3,(H2,16,17,18). The van der Waals surface area contributed by atoms with Gasteiger partial charge in [0, 0.05) is 24.0 Å². The lowest BCUT2D eigenvalue weighted by molar-refractivity contribution is 0.697. The Bertz CT molecular complexity index is 560. The van der Waals surface area contributed by atoms with Crippen LogP contribution in [0.1, 0.15) is 19.5 Å². The predicted octanol–water partition coefficient (Wildman–Crippen LogP) is 2.88. The number of rotatable bonds is 4. The van der Waals surface area contributed by atoms with Gasteiger partial charge in [-0.2, -0.15) is 0 Å². The average Bonchev–Trinajstić information content (AvgIpc) is 2.93. The second-order valence-electron chi connectivity index (χ2n) is 4.73. The fraction of sp³-hybridized carbons (Fsp3) is 0.333. The molecule has 0 bridgehead atoms. The van der Waals surface area contributed by atoms with Crippen LogP contribution in [0, 0.1) is 0 Å². The van der Waals surface area contributed by atoms with Gasteiger partial charge in [-0.3, -0.25) is 4.99 Å². The molecule has 1 heterocycles. The Kier molecular flexibility index (Phi) is 5.12. The number of nitrogens with zero attached hydrogens (tertiary/aromatic N) is 2. The van der Waals surface area contributed by atoms with Crippen LogP contribution in [0.3, 0.4) is 0 Å². The summed E-state index contributed by atoms with van der Waals surface area (Å²) in [6, 6.07) is 10.6. The lowest BCUT2D eigenvalue weighted by atomic mass is 10.2. The Morgan fingerprint density at radius 1 is 1.30 bits per heavy atom. The number of thiazole rings is 1. The van der Waals surface area contributed by atoms with Gasteiger partial charge < -0.3 is 10.6 Å². The molecule has 2 N–H and O–H groups in total. The molecule has 0 atom stereocenters. The number of hydrogen-bond donors (Lipinski definition) is 2. The average molecular weight is 288 g/mol. The summed E-state index contributed by atoms with van der Waals surface area (Å²) in [5, 5.41) is 9.65. The van der Waals surface area contributed by atoms with E-state index < -0.39 is 0 Å². The molecule has 0 saturated carbocycles. The van der Waals surface area contributed by atoms with Gasteiger partial charge in [0.25, 0.3) is 0 Å². The lowest BCUT2D eigenvalue weighted by Crippen LogP contribution is -2.40. The van der Waals surface area contributed by atoms with Crippen molar-refractivity contribution in [3.8, 4) is 10.6 Å². The molecule has 1 aromatic carbocycles. The van der Waals surface area contributed by atoms with E-state index in [9.17, 15) is 0 Å². The minimum absolute atomic E-state index is 0.358. The van der Waals surface area contributed by atoms with Crippen LogP contribution in [0.2, 0.25) is 0 Å². The molecular weight excluding hydrogens is 268 g/mol. The summed E-state index contributed by atoms with van der Waals surface area (Å²) < 4.78 is 0. The van der Waals surface area contributed by atoms with Crippen LogP contribution < -0.4 is 10.6 Å². The second kappa shape index (κ2) is 7.05. The molecule has 2 aromatic rings. The lowest BCUT2D eigenvalue weighted by Gasteiger charge is -2.13. The van der Waals surface area contributed by atoms with E-state index in [0.29, 0.717) is 12.6 Å².